The Morgan fingerprint density at radius 2 is 1.50 bits per heavy atom. The number of phenolic OH excluding ortho intramolecular Hbond substituents is 1. The molecule has 4 heteroatoms. The molecule has 0 aliphatic carbocycles. The van der Waals surface area contributed by atoms with E-state index in [4.69, 9.17) is 5.73 Å². The van der Waals surface area contributed by atoms with Crippen molar-refractivity contribution >= 4 is 12.4 Å². The minimum Gasteiger partial charge on any atom is -0.508 e. The molecule has 0 fully saturated rings. The van der Waals surface area contributed by atoms with Gasteiger partial charge in [-0.25, -0.2) is 0 Å². The van der Waals surface area contributed by atoms with Gasteiger partial charge >= 0.3 is 0 Å². The molecule has 0 heterocycles. The molecule has 4 N–H and O–H groups in total. The van der Waals surface area contributed by atoms with Crippen molar-refractivity contribution in [1.82, 2.24) is 0 Å². The fourth-order valence-corrected chi connectivity index (χ4v) is 2.17. The zero-order chi connectivity index (χ0) is 13.4. The molecule has 0 aromatic heterocycles. The summed E-state index contributed by atoms with van der Waals surface area (Å²) in [7, 11) is 0. The van der Waals surface area contributed by atoms with Gasteiger partial charge in [-0.1, -0.05) is 20.8 Å². The molecule has 2 atom stereocenters. The normalized spacial score (nSPS) is 14.8. The highest BCUT2D eigenvalue weighted by molar-refractivity contribution is 5.85. The van der Waals surface area contributed by atoms with E-state index in [0.29, 0.717) is 0 Å². The van der Waals surface area contributed by atoms with Gasteiger partial charge in [-0.05, 0) is 48.1 Å². The molecule has 0 unspecified atom stereocenters. The molecule has 3 nitrogen and oxygen atoms in total. The van der Waals surface area contributed by atoms with Crippen molar-refractivity contribution in [3.63, 3.8) is 0 Å². The van der Waals surface area contributed by atoms with Gasteiger partial charge in [0.25, 0.3) is 0 Å². The van der Waals surface area contributed by atoms with Crippen LogP contribution < -0.4 is 5.73 Å². The summed E-state index contributed by atoms with van der Waals surface area (Å²) in [4.78, 5) is 0. The summed E-state index contributed by atoms with van der Waals surface area (Å²) in [6.07, 6.45) is -0.621. The van der Waals surface area contributed by atoms with Crippen LogP contribution in [-0.2, 0) is 0 Å². The first-order valence-corrected chi connectivity index (χ1v) is 5.88. The van der Waals surface area contributed by atoms with Crippen LogP contribution >= 0.6 is 12.4 Å². The minimum absolute atomic E-state index is 0. The van der Waals surface area contributed by atoms with Crippen molar-refractivity contribution in [2.24, 2.45) is 11.1 Å². The van der Waals surface area contributed by atoms with E-state index in [9.17, 15) is 10.2 Å². The van der Waals surface area contributed by atoms with Crippen LogP contribution in [0.15, 0.2) is 12.1 Å². The number of hydrogen-bond donors (Lipinski definition) is 3. The van der Waals surface area contributed by atoms with Crippen LogP contribution in [0.3, 0.4) is 0 Å². The van der Waals surface area contributed by atoms with Gasteiger partial charge in [0.2, 0.25) is 0 Å². The fourth-order valence-electron chi connectivity index (χ4n) is 2.17. The van der Waals surface area contributed by atoms with Crippen LogP contribution in [-0.4, -0.2) is 16.3 Å². The zero-order valence-electron chi connectivity index (χ0n) is 11.7. The third-order valence-electron chi connectivity index (χ3n) is 3.14. The van der Waals surface area contributed by atoms with E-state index in [1.54, 1.807) is 12.1 Å². The molecule has 0 spiro atoms. The molecule has 0 amide bonds. The maximum absolute atomic E-state index is 10.2. The van der Waals surface area contributed by atoms with Gasteiger partial charge in [0.1, 0.15) is 5.75 Å². The number of aromatic hydroxyl groups is 1. The van der Waals surface area contributed by atoms with Crippen molar-refractivity contribution in [3.8, 4) is 5.75 Å². The summed E-state index contributed by atoms with van der Waals surface area (Å²) < 4.78 is 0. The van der Waals surface area contributed by atoms with Crippen molar-refractivity contribution < 1.29 is 10.2 Å². The standard InChI is InChI=1S/C14H23NO2.ClH/c1-8-6-10(16)7-9(2)11(8)12(15)13(17)14(3,4)5;/h6-7,12-13,16-17H,15H2,1-5H3;1H/t12-,13-;/m1./s1. The van der Waals surface area contributed by atoms with Crippen molar-refractivity contribution in [1.29, 1.82) is 0 Å². The number of rotatable bonds is 2. The molecule has 0 bridgehead atoms. The second-order valence-corrected chi connectivity index (χ2v) is 5.83. The predicted octanol–water partition coefficient (Wildman–Crippen LogP) is 2.84. The molecule has 104 valence electrons. The van der Waals surface area contributed by atoms with E-state index in [0.717, 1.165) is 16.7 Å². The average molecular weight is 274 g/mol. The largest absolute Gasteiger partial charge is 0.508 e. The van der Waals surface area contributed by atoms with E-state index >= 15 is 0 Å². The van der Waals surface area contributed by atoms with Crippen LogP contribution in [0, 0.1) is 19.3 Å². The smallest absolute Gasteiger partial charge is 0.116 e. The number of aliphatic hydroxyl groups excluding tert-OH is 1. The molecule has 0 radical (unpaired) electrons. The highest BCUT2D eigenvalue weighted by atomic mass is 35.5. The van der Waals surface area contributed by atoms with Crippen LogP contribution in [0.4, 0.5) is 0 Å². The van der Waals surface area contributed by atoms with E-state index in [1.165, 1.54) is 0 Å². The average Bonchev–Trinajstić information content (AvgIpc) is 2.13. The van der Waals surface area contributed by atoms with Gasteiger partial charge in [0, 0.05) is 0 Å². The molecular weight excluding hydrogens is 250 g/mol. The lowest BCUT2D eigenvalue weighted by molar-refractivity contribution is 0.0397. The Morgan fingerprint density at radius 1 is 1.11 bits per heavy atom. The monoisotopic (exact) mass is 273 g/mol. The predicted molar refractivity (Wildman–Crippen MR) is 77.2 cm³/mol. The number of halogens is 1. The molecule has 1 rings (SSSR count). The summed E-state index contributed by atoms with van der Waals surface area (Å²) >= 11 is 0. The Morgan fingerprint density at radius 3 is 1.83 bits per heavy atom. The van der Waals surface area contributed by atoms with Crippen LogP contribution in [0.5, 0.6) is 5.75 Å². The zero-order valence-corrected chi connectivity index (χ0v) is 12.5. The summed E-state index contributed by atoms with van der Waals surface area (Å²) in [5.74, 6) is 0.237. The molecular formula is C14H24ClNO2. The topological polar surface area (TPSA) is 66.5 Å². The SMILES string of the molecule is Cc1cc(O)cc(C)c1[C@@H](N)[C@@H](O)C(C)(C)C.Cl. The van der Waals surface area contributed by atoms with Crippen LogP contribution in [0.1, 0.15) is 43.5 Å². The minimum atomic E-state index is -0.621. The van der Waals surface area contributed by atoms with Gasteiger partial charge in [-0.2, -0.15) is 0 Å². The van der Waals surface area contributed by atoms with E-state index < -0.39 is 12.1 Å². The third kappa shape index (κ3) is 3.61. The molecule has 1 aromatic rings. The van der Waals surface area contributed by atoms with Crippen molar-refractivity contribution in [2.45, 2.75) is 46.8 Å². The van der Waals surface area contributed by atoms with Gasteiger partial charge < -0.3 is 15.9 Å². The maximum atomic E-state index is 10.2. The number of aryl methyl sites for hydroxylation is 2. The molecule has 18 heavy (non-hydrogen) atoms. The summed E-state index contributed by atoms with van der Waals surface area (Å²) in [5, 5.41) is 19.7. The third-order valence-corrected chi connectivity index (χ3v) is 3.14. The first kappa shape index (κ1) is 17.2. The quantitative estimate of drug-likeness (QED) is 0.776. The molecule has 1 aromatic carbocycles. The lowest BCUT2D eigenvalue weighted by Gasteiger charge is -2.32. The Hall–Kier alpha value is -0.770. The Balaban J connectivity index is 0.00000289. The molecule has 0 aliphatic rings. The Labute approximate surface area is 115 Å². The van der Waals surface area contributed by atoms with Gasteiger partial charge in [0.05, 0.1) is 12.1 Å². The first-order valence-electron chi connectivity index (χ1n) is 5.88. The second-order valence-electron chi connectivity index (χ2n) is 5.83. The summed E-state index contributed by atoms with van der Waals surface area (Å²) in [6.45, 7) is 9.68. The lowest BCUT2D eigenvalue weighted by atomic mass is 9.80. The van der Waals surface area contributed by atoms with E-state index in [1.807, 2.05) is 34.6 Å². The molecule has 0 saturated carbocycles. The summed E-state index contributed by atoms with van der Waals surface area (Å²) in [6, 6.07) is 2.92. The fraction of sp³-hybridized carbons (Fsp3) is 0.571. The summed E-state index contributed by atoms with van der Waals surface area (Å²) in [5.41, 5.74) is 8.63. The number of hydrogen-bond acceptors (Lipinski definition) is 3. The van der Waals surface area contributed by atoms with Gasteiger partial charge in [0.15, 0.2) is 0 Å². The number of aliphatic hydroxyl groups is 1. The van der Waals surface area contributed by atoms with Gasteiger partial charge in [-0.3, -0.25) is 0 Å². The second kappa shape index (κ2) is 5.91. The van der Waals surface area contributed by atoms with Gasteiger partial charge in [-0.15, -0.1) is 12.4 Å². The van der Waals surface area contributed by atoms with Crippen molar-refractivity contribution in [2.75, 3.05) is 0 Å². The van der Waals surface area contributed by atoms with Crippen molar-refractivity contribution in [3.05, 3.63) is 28.8 Å². The number of benzene rings is 1. The molecule has 0 saturated heterocycles. The number of nitrogens with two attached hydrogens (primary N) is 1. The highest BCUT2D eigenvalue weighted by Gasteiger charge is 2.30. The van der Waals surface area contributed by atoms with E-state index in [-0.39, 0.29) is 23.6 Å². The number of phenols is 1. The Bertz CT molecular complexity index is 390. The van der Waals surface area contributed by atoms with Crippen LogP contribution in [0.2, 0.25) is 0 Å². The maximum Gasteiger partial charge on any atom is 0.116 e. The Kier molecular flexibility index (Phi) is 5.66. The highest BCUT2D eigenvalue weighted by Crippen LogP contribution is 2.33. The van der Waals surface area contributed by atoms with E-state index in [2.05, 4.69) is 0 Å². The van der Waals surface area contributed by atoms with Crippen LogP contribution in [0.25, 0.3) is 0 Å². The lowest BCUT2D eigenvalue weighted by Crippen LogP contribution is -2.37. The first-order chi connectivity index (χ1) is 7.64. The molecule has 0 aliphatic heterocycles.